The van der Waals surface area contributed by atoms with Gasteiger partial charge in [0.1, 0.15) is 13.2 Å². The number of allylic oxidation sites excluding steroid dienone is 20. The van der Waals surface area contributed by atoms with E-state index in [2.05, 4.69) is 136 Å². The molecule has 1 atom stereocenters. The normalized spacial score (nSPS) is 12.9. The van der Waals surface area contributed by atoms with Crippen molar-refractivity contribution in [2.45, 2.75) is 309 Å². The predicted octanol–water partition coefficient (Wildman–Crippen LogP) is 22.8. The molecular formula is C73H122O6. The first-order valence-electron chi connectivity index (χ1n) is 33.0. The molecule has 79 heavy (non-hydrogen) atoms. The van der Waals surface area contributed by atoms with E-state index >= 15 is 0 Å². The topological polar surface area (TPSA) is 78.9 Å². The smallest absolute Gasteiger partial charge is 0.306 e. The standard InChI is InChI=1S/C73H122O6/c1-4-7-10-13-16-19-22-25-27-29-31-32-33-34-35-36-37-38-39-40-42-43-45-48-51-54-57-60-63-66-72(75)78-69-70(68-77-71(74)65-62-59-56-53-50-47-24-21-18-15-12-9-6-3)79-73(76)67-64-61-58-55-52-49-46-44-41-30-28-26-23-20-17-14-11-8-5-2/h8-9,11-12,17-18,20-22,25-26,28-29,31,41,44,47,50,56,59,70H,4-7,10,13-16,19,23-24,27,30,32-40,42-43,45-46,48-49,51-55,57-58,60-69H2,1-3H3/b11-8-,12-9-,20-17-,21-18-,25-22-,28-26-,31-29-,44-41-,50-47-,59-56-. The Morgan fingerprint density at radius 1 is 0.266 bits per heavy atom. The Morgan fingerprint density at radius 2 is 0.519 bits per heavy atom. The van der Waals surface area contributed by atoms with Crippen molar-refractivity contribution in [1.82, 2.24) is 0 Å². The Bertz CT molecular complexity index is 1640. The van der Waals surface area contributed by atoms with Crippen LogP contribution in [0.25, 0.3) is 0 Å². The molecule has 0 spiro atoms. The number of rotatable bonds is 59. The molecule has 1 unspecified atom stereocenters. The third kappa shape index (κ3) is 64.5. The van der Waals surface area contributed by atoms with Crippen LogP contribution in [0.5, 0.6) is 0 Å². The lowest BCUT2D eigenvalue weighted by molar-refractivity contribution is -0.166. The molecule has 0 aromatic carbocycles. The minimum absolute atomic E-state index is 0.107. The second kappa shape index (κ2) is 66.3. The maximum atomic E-state index is 12.9. The Kier molecular flexibility index (Phi) is 62.8. The molecule has 0 aliphatic carbocycles. The van der Waals surface area contributed by atoms with E-state index in [4.69, 9.17) is 14.2 Å². The molecule has 0 fully saturated rings. The summed E-state index contributed by atoms with van der Waals surface area (Å²) >= 11 is 0. The van der Waals surface area contributed by atoms with Crippen molar-refractivity contribution in [3.8, 4) is 0 Å². The number of unbranched alkanes of at least 4 members (excludes halogenated alkanes) is 28. The molecule has 0 aliphatic heterocycles. The van der Waals surface area contributed by atoms with Gasteiger partial charge in [-0.1, -0.05) is 290 Å². The molecule has 0 amide bonds. The molecule has 6 heteroatoms. The highest BCUT2D eigenvalue weighted by Crippen LogP contribution is 2.16. The first-order valence-corrected chi connectivity index (χ1v) is 33.0. The van der Waals surface area contributed by atoms with Gasteiger partial charge in [0.25, 0.3) is 0 Å². The zero-order valence-corrected chi connectivity index (χ0v) is 51.6. The number of ether oxygens (including phenoxy) is 3. The number of carbonyl (C=O) groups is 3. The van der Waals surface area contributed by atoms with Gasteiger partial charge in [0.05, 0.1) is 0 Å². The molecule has 0 N–H and O–H groups in total. The van der Waals surface area contributed by atoms with E-state index in [9.17, 15) is 14.4 Å². The third-order valence-electron chi connectivity index (χ3n) is 13.9. The molecule has 0 aromatic heterocycles. The molecule has 0 rings (SSSR count). The average molecular weight is 1100 g/mol. The van der Waals surface area contributed by atoms with Gasteiger partial charge in [-0.15, -0.1) is 0 Å². The highest BCUT2D eigenvalue weighted by atomic mass is 16.6. The van der Waals surface area contributed by atoms with E-state index in [1.165, 1.54) is 148 Å². The third-order valence-corrected chi connectivity index (χ3v) is 13.9. The van der Waals surface area contributed by atoms with Crippen LogP contribution in [0, 0.1) is 0 Å². The van der Waals surface area contributed by atoms with Gasteiger partial charge in [0, 0.05) is 19.3 Å². The zero-order chi connectivity index (χ0) is 57.1. The second-order valence-corrected chi connectivity index (χ2v) is 21.6. The summed E-state index contributed by atoms with van der Waals surface area (Å²) in [5.41, 5.74) is 0. The van der Waals surface area contributed by atoms with Crippen LogP contribution in [0.3, 0.4) is 0 Å². The Hall–Kier alpha value is -4.19. The maximum Gasteiger partial charge on any atom is 0.306 e. The van der Waals surface area contributed by atoms with Crippen LogP contribution in [-0.4, -0.2) is 37.2 Å². The van der Waals surface area contributed by atoms with Crippen molar-refractivity contribution < 1.29 is 28.6 Å². The summed E-state index contributed by atoms with van der Waals surface area (Å²) in [6, 6.07) is 0. The quantitative estimate of drug-likeness (QED) is 0.0261. The monoisotopic (exact) mass is 1090 g/mol. The molecule has 450 valence electrons. The summed E-state index contributed by atoms with van der Waals surface area (Å²) in [5.74, 6) is -1.00. The van der Waals surface area contributed by atoms with Crippen LogP contribution in [0.15, 0.2) is 122 Å². The highest BCUT2D eigenvalue weighted by molar-refractivity contribution is 5.71. The van der Waals surface area contributed by atoms with Crippen LogP contribution in [-0.2, 0) is 28.6 Å². The minimum atomic E-state index is -0.818. The van der Waals surface area contributed by atoms with Crippen LogP contribution in [0.4, 0.5) is 0 Å². The van der Waals surface area contributed by atoms with Crippen LogP contribution in [0.2, 0.25) is 0 Å². The number of carbonyl (C=O) groups excluding carboxylic acids is 3. The second-order valence-electron chi connectivity index (χ2n) is 21.6. The van der Waals surface area contributed by atoms with E-state index in [1.54, 1.807) is 0 Å². The lowest BCUT2D eigenvalue weighted by atomic mass is 10.0. The van der Waals surface area contributed by atoms with E-state index in [0.717, 1.165) is 109 Å². The first-order chi connectivity index (χ1) is 39.0. The van der Waals surface area contributed by atoms with Gasteiger partial charge in [-0.25, -0.2) is 0 Å². The van der Waals surface area contributed by atoms with Gasteiger partial charge >= 0.3 is 17.9 Å². The average Bonchev–Trinajstić information content (AvgIpc) is 3.45. The molecule has 0 saturated carbocycles. The zero-order valence-electron chi connectivity index (χ0n) is 51.6. The molecular weight excluding hydrogens is 973 g/mol. The van der Waals surface area contributed by atoms with E-state index in [0.29, 0.717) is 19.3 Å². The number of hydrogen-bond acceptors (Lipinski definition) is 6. The summed E-state index contributed by atoms with van der Waals surface area (Å²) in [4.78, 5) is 38.3. The van der Waals surface area contributed by atoms with Gasteiger partial charge in [-0.2, -0.15) is 0 Å². The Morgan fingerprint density at radius 3 is 0.848 bits per heavy atom. The van der Waals surface area contributed by atoms with Crippen molar-refractivity contribution in [2.75, 3.05) is 13.2 Å². The van der Waals surface area contributed by atoms with Gasteiger partial charge in [-0.05, 0) is 116 Å². The summed E-state index contributed by atoms with van der Waals surface area (Å²) in [6.07, 6.45) is 92.4. The van der Waals surface area contributed by atoms with Crippen molar-refractivity contribution in [3.05, 3.63) is 122 Å². The molecule has 0 radical (unpaired) electrons. The number of esters is 3. The summed E-state index contributed by atoms with van der Waals surface area (Å²) in [5, 5.41) is 0. The molecule has 0 aromatic rings. The van der Waals surface area contributed by atoms with Crippen molar-refractivity contribution in [2.24, 2.45) is 0 Å². The van der Waals surface area contributed by atoms with Crippen LogP contribution >= 0.6 is 0 Å². The van der Waals surface area contributed by atoms with E-state index in [1.807, 2.05) is 6.08 Å². The lowest BCUT2D eigenvalue weighted by Gasteiger charge is -2.18. The largest absolute Gasteiger partial charge is 0.462 e. The molecule has 0 aliphatic rings. The van der Waals surface area contributed by atoms with Gasteiger partial charge < -0.3 is 14.2 Å². The minimum Gasteiger partial charge on any atom is -0.462 e. The summed E-state index contributed by atoms with van der Waals surface area (Å²) < 4.78 is 16.8. The van der Waals surface area contributed by atoms with Crippen molar-refractivity contribution in [3.63, 3.8) is 0 Å². The lowest BCUT2D eigenvalue weighted by Crippen LogP contribution is -2.30. The van der Waals surface area contributed by atoms with Crippen LogP contribution in [0.1, 0.15) is 303 Å². The van der Waals surface area contributed by atoms with Gasteiger partial charge in [0.2, 0.25) is 0 Å². The van der Waals surface area contributed by atoms with Gasteiger partial charge in [0.15, 0.2) is 6.10 Å². The predicted molar refractivity (Wildman–Crippen MR) is 343 cm³/mol. The fraction of sp³-hybridized carbons (Fsp3) is 0.685. The Labute approximate surface area is 488 Å². The molecule has 0 saturated heterocycles. The summed E-state index contributed by atoms with van der Waals surface area (Å²) in [7, 11) is 0. The van der Waals surface area contributed by atoms with Crippen molar-refractivity contribution >= 4 is 17.9 Å². The summed E-state index contributed by atoms with van der Waals surface area (Å²) in [6.45, 7) is 6.34. The fourth-order valence-corrected chi connectivity index (χ4v) is 9.07. The molecule has 0 bridgehead atoms. The molecule has 0 heterocycles. The van der Waals surface area contributed by atoms with E-state index < -0.39 is 6.10 Å². The SMILES string of the molecule is CC/C=C\C/C=C\C/C=C\C/C=C\CCCCCCCCC(=O)OC(COC(=O)CC/C=C\C/C=C\C/C=C\C/C=C\CC)COC(=O)CCCCCCCCCCCCCCCCCCC/C=C\C/C=C\CCCCCCC. The highest BCUT2D eigenvalue weighted by Gasteiger charge is 2.19. The van der Waals surface area contributed by atoms with Crippen LogP contribution < -0.4 is 0 Å². The van der Waals surface area contributed by atoms with E-state index in [-0.39, 0.29) is 37.5 Å². The fourth-order valence-electron chi connectivity index (χ4n) is 9.07. The van der Waals surface area contributed by atoms with Gasteiger partial charge in [-0.3, -0.25) is 14.4 Å². The Balaban J connectivity index is 4.30. The first kappa shape index (κ1) is 74.8. The molecule has 6 nitrogen and oxygen atoms in total. The van der Waals surface area contributed by atoms with Crippen molar-refractivity contribution in [1.29, 1.82) is 0 Å². The number of hydrogen-bond donors (Lipinski definition) is 0. The maximum absolute atomic E-state index is 12.9.